The molecule has 0 atom stereocenters. The highest BCUT2D eigenvalue weighted by atomic mass is 79.9. The van der Waals surface area contributed by atoms with Crippen molar-refractivity contribution >= 4 is 38.8 Å². The van der Waals surface area contributed by atoms with Gasteiger partial charge >= 0.3 is 0 Å². The van der Waals surface area contributed by atoms with E-state index in [4.69, 9.17) is 18.0 Å². The number of halogens is 2. The van der Waals surface area contributed by atoms with Gasteiger partial charge in [-0.1, -0.05) is 12.2 Å². The molecule has 0 bridgehead atoms. The van der Waals surface area contributed by atoms with Crippen molar-refractivity contribution in [2.75, 3.05) is 5.32 Å². The first-order valence-electron chi connectivity index (χ1n) is 5.38. The van der Waals surface area contributed by atoms with Crippen molar-refractivity contribution in [3.63, 3.8) is 0 Å². The third-order valence-electron chi connectivity index (χ3n) is 2.44. The Morgan fingerprint density at radius 1 is 1.42 bits per heavy atom. The summed E-state index contributed by atoms with van der Waals surface area (Å²) in [6.45, 7) is 0.379. The highest BCUT2D eigenvalue weighted by molar-refractivity contribution is 9.10. The normalized spacial score (nSPS) is 10.2. The monoisotopic (exact) mass is 340 g/mol. The van der Waals surface area contributed by atoms with E-state index < -0.39 is 5.82 Å². The molecule has 0 unspecified atom stereocenters. The SMILES string of the molecule is NC(=S)c1ccc(NCc2cccnn2)c(F)c1Br. The van der Waals surface area contributed by atoms with E-state index >= 15 is 0 Å². The van der Waals surface area contributed by atoms with Crippen molar-refractivity contribution in [3.8, 4) is 0 Å². The van der Waals surface area contributed by atoms with Crippen LogP contribution in [0.5, 0.6) is 0 Å². The summed E-state index contributed by atoms with van der Waals surface area (Å²) in [7, 11) is 0. The van der Waals surface area contributed by atoms with Crippen LogP contribution in [0.15, 0.2) is 34.9 Å². The van der Waals surface area contributed by atoms with Crippen LogP contribution in [0.2, 0.25) is 0 Å². The lowest BCUT2D eigenvalue weighted by Gasteiger charge is -2.10. The van der Waals surface area contributed by atoms with Crippen molar-refractivity contribution in [3.05, 3.63) is 52.0 Å². The van der Waals surface area contributed by atoms with Crippen molar-refractivity contribution in [1.82, 2.24) is 10.2 Å². The Kier molecular flexibility index (Phi) is 4.39. The third-order valence-corrected chi connectivity index (χ3v) is 3.43. The molecule has 2 rings (SSSR count). The zero-order chi connectivity index (χ0) is 13.8. The van der Waals surface area contributed by atoms with Gasteiger partial charge in [0.1, 0.15) is 4.99 Å². The molecule has 0 aliphatic rings. The van der Waals surface area contributed by atoms with Gasteiger partial charge in [0.25, 0.3) is 0 Å². The predicted octanol–water partition coefficient (Wildman–Crippen LogP) is 2.62. The minimum absolute atomic E-state index is 0.145. The van der Waals surface area contributed by atoms with E-state index in [9.17, 15) is 4.39 Å². The van der Waals surface area contributed by atoms with Gasteiger partial charge in [-0.05, 0) is 40.2 Å². The minimum atomic E-state index is -0.436. The standard InChI is InChI=1S/C12H10BrFN4S/c13-10-8(12(15)19)3-4-9(11(10)14)16-6-7-2-1-5-17-18-7/h1-5,16H,6H2,(H2,15,19). The third kappa shape index (κ3) is 3.24. The van der Waals surface area contributed by atoms with E-state index in [1.807, 2.05) is 0 Å². The van der Waals surface area contributed by atoms with Crippen molar-refractivity contribution < 1.29 is 4.39 Å². The van der Waals surface area contributed by atoms with Crippen molar-refractivity contribution in [2.24, 2.45) is 5.73 Å². The molecule has 3 N–H and O–H groups in total. The lowest BCUT2D eigenvalue weighted by atomic mass is 10.2. The van der Waals surface area contributed by atoms with Crippen LogP contribution in [0.4, 0.5) is 10.1 Å². The molecule has 1 aromatic heterocycles. The molecule has 7 heteroatoms. The zero-order valence-electron chi connectivity index (χ0n) is 9.73. The zero-order valence-corrected chi connectivity index (χ0v) is 12.1. The summed E-state index contributed by atoms with van der Waals surface area (Å²) in [6, 6.07) is 6.82. The number of hydrogen-bond acceptors (Lipinski definition) is 4. The molecule has 0 amide bonds. The highest BCUT2D eigenvalue weighted by Gasteiger charge is 2.12. The maximum atomic E-state index is 14.1. The molecule has 98 valence electrons. The first kappa shape index (κ1) is 13.8. The van der Waals surface area contributed by atoms with E-state index in [1.54, 1.807) is 30.5 Å². The predicted molar refractivity (Wildman–Crippen MR) is 79.3 cm³/mol. The summed E-state index contributed by atoms with van der Waals surface area (Å²) < 4.78 is 14.3. The number of nitrogens with zero attached hydrogens (tertiary/aromatic N) is 2. The number of anilines is 1. The van der Waals surface area contributed by atoms with Gasteiger partial charge in [0.15, 0.2) is 5.82 Å². The topological polar surface area (TPSA) is 63.8 Å². The largest absolute Gasteiger partial charge is 0.389 e. The van der Waals surface area contributed by atoms with Crippen LogP contribution < -0.4 is 11.1 Å². The van der Waals surface area contributed by atoms with Gasteiger partial charge in [-0.3, -0.25) is 0 Å². The first-order valence-corrected chi connectivity index (χ1v) is 6.58. The second kappa shape index (κ2) is 6.03. The molecule has 0 radical (unpaired) electrons. The second-order valence-corrected chi connectivity index (χ2v) is 4.95. The summed E-state index contributed by atoms with van der Waals surface area (Å²) >= 11 is 7.98. The van der Waals surface area contributed by atoms with Crippen LogP contribution in [0, 0.1) is 5.82 Å². The van der Waals surface area contributed by atoms with Crippen LogP contribution in [0.3, 0.4) is 0 Å². The first-order chi connectivity index (χ1) is 9.09. The highest BCUT2D eigenvalue weighted by Crippen LogP contribution is 2.27. The van der Waals surface area contributed by atoms with E-state index in [2.05, 4.69) is 31.4 Å². The fraction of sp³-hybridized carbons (Fsp3) is 0.0833. The van der Waals surface area contributed by atoms with Gasteiger partial charge in [-0.25, -0.2) is 4.39 Å². The van der Waals surface area contributed by atoms with Crippen LogP contribution in [0.25, 0.3) is 0 Å². The summed E-state index contributed by atoms with van der Waals surface area (Å²) in [5, 5.41) is 10.6. The molecule has 0 aliphatic carbocycles. The lowest BCUT2D eigenvalue weighted by molar-refractivity contribution is 0.623. The minimum Gasteiger partial charge on any atom is -0.389 e. The number of nitrogens with one attached hydrogen (secondary N) is 1. The average molecular weight is 341 g/mol. The van der Waals surface area contributed by atoms with Crippen LogP contribution in [-0.4, -0.2) is 15.2 Å². The molecular formula is C12H10BrFN4S. The molecule has 0 fully saturated rings. The molecule has 1 heterocycles. The average Bonchev–Trinajstić information content (AvgIpc) is 2.41. The maximum absolute atomic E-state index is 14.1. The van der Waals surface area contributed by atoms with Crippen molar-refractivity contribution in [2.45, 2.75) is 6.54 Å². The Bertz CT molecular complexity index is 606. The Balaban J connectivity index is 2.18. The fourth-order valence-electron chi connectivity index (χ4n) is 1.49. The summed E-state index contributed by atoms with van der Waals surface area (Å²) in [5.41, 5.74) is 7.03. The van der Waals surface area contributed by atoms with E-state index in [1.165, 1.54) is 0 Å². The van der Waals surface area contributed by atoms with Gasteiger partial charge in [-0.2, -0.15) is 10.2 Å². The van der Waals surface area contributed by atoms with E-state index in [-0.39, 0.29) is 9.46 Å². The number of rotatable bonds is 4. The molecule has 0 saturated heterocycles. The Morgan fingerprint density at radius 3 is 2.84 bits per heavy atom. The molecule has 2 aromatic rings. The summed E-state index contributed by atoms with van der Waals surface area (Å²) in [5.74, 6) is -0.436. The lowest BCUT2D eigenvalue weighted by Crippen LogP contribution is -2.12. The van der Waals surface area contributed by atoms with Crippen LogP contribution in [0.1, 0.15) is 11.3 Å². The smallest absolute Gasteiger partial charge is 0.161 e. The Hall–Kier alpha value is -1.60. The second-order valence-electron chi connectivity index (χ2n) is 3.72. The van der Waals surface area contributed by atoms with Gasteiger partial charge in [0, 0.05) is 11.8 Å². The van der Waals surface area contributed by atoms with Gasteiger partial charge in [0.2, 0.25) is 0 Å². The molecule has 0 saturated carbocycles. The number of nitrogens with two attached hydrogens (primary N) is 1. The summed E-state index contributed by atoms with van der Waals surface area (Å²) in [6.07, 6.45) is 1.58. The van der Waals surface area contributed by atoms with Crippen molar-refractivity contribution in [1.29, 1.82) is 0 Å². The molecule has 19 heavy (non-hydrogen) atoms. The van der Waals surface area contributed by atoms with Crippen LogP contribution in [-0.2, 0) is 6.54 Å². The molecule has 0 spiro atoms. The Labute approximate surface area is 123 Å². The van der Waals surface area contributed by atoms with Gasteiger partial charge in [0.05, 0.1) is 22.4 Å². The Morgan fingerprint density at radius 2 is 2.21 bits per heavy atom. The van der Waals surface area contributed by atoms with Gasteiger partial charge in [-0.15, -0.1) is 0 Å². The van der Waals surface area contributed by atoms with Gasteiger partial charge < -0.3 is 11.1 Å². The van der Waals surface area contributed by atoms with E-state index in [0.717, 1.165) is 5.69 Å². The van der Waals surface area contributed by atoms with E-state index in [0.29, 0.717) is 17.8 Å². The molecule has 4 nitrogen and oxygen atoms in total. The summed E-state index contributed by atoms with van der Waals surface area (Å²) in [4.78, 5) is 0.145. The molecule has 0 aliphatic heterocycles. The number of aromatic nitrogens is 2. The number of hydrogen-bond donors (Lipinski definition) is 2. The molecule has 1 aromatic carbocycles. The molecular weight excluding hydrogens is 331 g/mol. The fourth-order valence-corrected chi connectivity index (χ4v) is 2.35. The van der Waals surface area contributed by atoms with Crippen LogP contribution >= 0.6 is 28.1 Å². The quantitative estimate of drug-likeness (QED) is 0.837. The number of benzene rings is 1. The maximum Gasteiger partial charge on any atom is 0.161 e. The number of thiocarbonyl (C=S) groups is 1.